The van der Waals surface area contributed by atoms with Gasteiger partial charge in [0.25, 0.3) is 0 Å². The zero-order valence-corrected chi connectivity index (χ0v) is 16.6. The highest BCUT2D eigenvalue weighted by atomic mass is 14.9. The Bertz CT molecular complexity index is 637. The van der Waals surface area contributed by atoms with Crippen LogP contribution >= 0.6 is 0 Å². The third-order valence-corrected chi connectivity index (χ3v) is 5.96. The van der Waals surface area contributed by atoms with Crippen molar-refractivity contribution < 1.29 is 0 Å². The molecule has 2 heteroatoms. The van der Waals surface area contributed by atoms with E-state index in [0.29, 0.717) is 5.92 Å². The standard InChI is InChI=1S/C24H34N2/c1-3-5-6-8-20-9-13-21(14-10-20)23-17-25-24(26-18-23)22-15-11-19(7-4-2)12-16-22/h11-12,15-18,20-21H,3-10,13-14H2,1-2H3. The highest BCUT2D eigenvalue weighted by Crippen LogP contribution is 2.37. The number of hydrogen-bond acceptors (Lipinski definition) is 2. The third kappa shape index (κ3) is 5.16. The molecule has 140 valence electrons. The van der Waals surface area contributed by atoms with Crippen LogP contribution in [0.3, 0.4) is 0 Å². The fraction of sp³-hybridized carbons (Fsp3) is 0.583. The zero-order valence-electron chi connectivity index (χ0n) is 16.6. The molecule has 1 aliphatic carbocycles. The second-order valence-corrected chi connectivity index (χ2v) is 8.00. The summed E-state index contributed by atoms with van der Waals surface area (Å²) in [6, 6.07) is 8.72. The molecule has 26 heavy (non-hydrogen) atoms. The van der Waals surface area contributed by atoms with E-state index in [2.05, 4.69) is 60.5 Å². The predicted octanol–water partition coefficient (Wildman–Crippen LogP) is 6.95. The Morgan fingerprint density at radius 1 is 0.846 bits per heavy atom. The summed E-state index contributed by atoms with van der Waals surface area (Å²) >= 11 is 0. The maximum absolute atomic E-state index is 4.67. The number of unbranched alkanes of at least 4 members (excludes halogenated alkanes) is 2. The Morgan fingerprint density at radius 3 is 2.15 bits per heavy atom. The molecule has 0 spiro atoms. The van der Waals surface area contributed by atoms with E-state index >= 15 is 0 Å². The Morgan fingerprint density at radius 2 is 1.54 bits per heavy atom. The molecule has 0 bridgehead atoms. The number of aryl methyl sites for hydroxylation is 1. The van der Waals surface area contributed by atoms with E-state index in [-0.39, 0.29) is 0 Å². The number of benzene rings is 1. The Labute approximate surface area is 159 Å². The predicted molar refractivity (Wildman–Crippen MR) is 110 cm³/mol. The molecule has 1 aliphatic rings. The molecule has 0 aliphatic heterocycles. The van der Waals surface area contributed by atoms with E-state index in [0.717, 1.165) is 23.7 Å². The van der Waals surface area contributed by atoms with Gasteiger partial charge in [0, 0.05) is 18.0 Å². The monoisotopic (exact) mass is 350 g/mol. The van der Waals surface area contributed by atoms with Gasteiger partial charge >= 0.3 is 0 Å². The van der Waals surface area contributed by atoms with Crippen molar-refractivity contribution in [2.45, 2.75) is 84.0 Å². The molecule has 1 aromatic carbocycles. The highest BCUT2D eigenvalue weighted by molar-refractivity contribution is 5.55. The first-order valence-corrected chi connectivity index (χ1v) is 10.7. The molecule has 1 aromatic heterocycles. The molecular weight excluding hydrogens is 316 g/mol. The molecule has 0 unspecified atom stereocenters. The maximum atomic E-state index is 4.67. The van der Waals surface area contributed by atoms with Crippen LogP contribution in [0.5, 0.6) is 0 Å². The van der Waals surface area contributed by atoms with Gasteiger partial charge in [0.05, 0.1) is 0 Å². The van der Waals surface area contributed by atoms with Gasteiger partial charge in [-0.1, -0.05) is 70.2 Å². The van der Waals surface area contributed by atoms with Gasteiger partial charge in [0.15, 0.2) is 5.82 Å². The van der Waals surface area contributed by atoms with Crippen LogP contribution < -0.4 is 0 Å². The first-order valence-electron chi connectivity index (χ1n) is 10.7. The van der Waals surface area contributed by atoms with Crippen molar-refractivity contribution in [3.05, 3.63) is 47.8 Å². The average molecular weight is 351 g/mol. The number of nitrogens with zero attached hydrogens (tertiary/aromatic N) is 2. The van der Waals surface area contributed by atoms with Crippen molar-refractivity contribution in [1.82, 2.24) is 9.97 Å². The molecule has 1 fully saturated rings. The summed E-state index contributed by atoms with van der Waals surface area (Å²) in [6.07, 6.45) is 17.4. The van der Waals surface area contributed by atoms with Crippen LogP contribution in [0.25, 0.3) is 11.4 Å². The van der Waals surface area contributed by atoms with E-state index in [9.17, 15) is 0 Å². The van der Waals surface area contributed by atoms with E-state index in [4.69, 9.17) is 0 Å². The number of aromatic nitrogens is 2. The topological polar surface area (TPSA) is 25.8 Å². The fourth-order valence-corrected chi connectivity index (χ4v) is 4.27. The van der Waals surface area contributed by atoms with Crippen LogP contribution in [-0.2, 0) is 6.42 Å². The summed E-state index contributed by atoms with van der Waals surface area (Å²) in [5, 5.41) is 0. The van der Waals surface area contributed by atoms with E-state index in [1.807, 2.05) is 0 Å². The van der Waals surface area contributed by atoms with Gasteiger partial charge in [-0.25, -0.2) is 9.97 Å². The summed E-state index contributed by atoms with van der Waals surface area (Å²) in [4.78, 5) is 9.34. The minimum absolute atomic E-state index is 0.665. The van der Waals surface area contributed by atoms with Crippen LogP contribution in [0.1, 0.15) is 88.7 Å². The molecule has 2 aromatic rings. The minimum atomic E-state index is 0.665. The first-order chi connectivity index (χ1) is 12.8. The molecule has 0 radical (unpaired) electrons. The van der Waals surface area contributed by atoms with Crippen LogP contribution in [-0.4, -0.2) is 9.97 Å². The smallest absolute Gasteiger partial charge is 0.159 e. The number of rotatable bonds is 8. The van der Waals surface area contributed by atoms with E-state index in [1.165, 1.54) is 68.9 Å². The summed E-state index contributed by atoms with van der Waals surface area (Å²) in [5.74, 6) is 2.48. The maximum Gasteiger partial charge on any atom is 0.159 e. The van der Waals surface area contributed by atoms with E-state index in [1.54, 1.807) is 0 Å². The van der Waals surface area contributed by atoms with Crippen molar-refractivity contribution in [3.8, 4) is 11.4 Å². The third-order valence-electron chi connectivity index (χ3n) is 5.96. The summed E-state index contributed by atoms with van der Waals surface area (Å²) < 4.78 is 0. The molecule has 3 rings (SSSR count). The van der Waals surface area contributed by atoms with Crippen LogP contribution in [0.4, 0.5) is 0 Å². The lowest BCUT2D eigenvalue weighted by molar-refractivity contribution is 0.302. The second-order valence-electron chi connectivity index (χ2n) is 8.00. The van der Waals surface area contributed by atoms with Crippen molar-refractivity contribution in [2.75, 3.05) is 0 Å². The molecule has 0 saturated heterocycles. The lowest BCUT2D eigenvalue weighted by Gasteiger charge is -2.28. The zero-order chi connectivity index (χ0) is 18.2. The molecule has 1 heterocycles. The van der Waals surface area contributed by atoms with E-state index < -0.39 is 0 Å². The van der Waals surface area contributed by atoms with Crippen molar-refractivity contribution in [3.63, 3.8) is 0 Å². The van der Waals surface area contributed by atoms with Crippen molar-refractivity contribution in [1.29, 1.82) is 0 Å². The van der Waals surface area contributed by atoms with Gasteiger partial charge in [0.2, 0.25) is 0 Å². The molecule has 1 saturated carbocycles. The quantitative estimate of drug-likeness (QED) is 0.481. The Hall–Kier alpha value is -1.70. The number of hydrogen-bond donors (Lipinski definition) is 0. The molecular formula is C24H34N2. The first kappa shape index (κ1) is 19.1. The largest absolute Gasteiger partial charge is 0.236 e. The fourth-order valence-electron chi connectivity index (χ4n) is 4.27. The van der Waals surface area contributed by atoms with Gasteiger partial charge in [-0.3, -0.25) is 0 Å². The highest BCUT2D eigenvalue weighted by Gasteiger charge is 2.22. The normalized spacial score (nSPS) is 20.2. The minimum Gasteiger partial charge on any atom is -0.236 e. The van der Waals surface area contributed by atoms with Gasteiger partial charge in [-0.2, -0.15) is 0 Å². The Kier molecular flexibility index (Phi) is 7.22. The summed E-state index contributed by atoms with van der Waals surface area (Å²) in [6.45, 7) is 4.51. The van der Waals surface area contributed by atoms with Gasteiger partial charge in [-0.05, 0) is 55.1 Å². The lowest BCUT2D eigenvalue weighted by atomic mass is 9.77. The lowest BCUT2D eigenvalue weighted by Crippen LogP contribution is -2.14. The molecule has 0 atom stereocenters. The molecule has 0 amide bonds. The van der Waals surface area contributed by atoms with Gasteiger partial charge in [-0.15, -0.1) is 0 Å². The van der Waals surface area contributed by atoms with Crippen molar-refractivity contribution in [2.24, 2.45) is 5.92 Å². The van der Waals surface area contributed by atoms with Crippen LogP contribution in [0.15, 0.2) is 36.7 Å². The molecule has 0 N–H and O–H groups in total. The molecule has 2 nitrogen and oxygen atoms in total. The summed E-state index contributed by atoms with van der Waals surface area (Å²) in [7, 11) is 0. The van der Waals surface area contributed by atoms with Crippen LogP contribution in [0, 0.1) is 5.92 Å². The second kappa shape index (κ2) is 9.85. The van der Waals surface area contributed by atoms with Crippen LogP contribution in [0.2, 0.25) is 0 Å². The van der Waals surface area contributed by atoms with Gasteiger partial charge in [0.1, 0.15) is 0 Å². The van der Waals surface area contributed by atoms with Gasteiger partial charge < -0.3 is 0 Å². The SMILES string of the molecule is CCCCCC1CCC(c2cnc(-c3ccc(CCC)cc3)nc2)CC1. The Balaban J connectivity index is 1.55. The van der Waals surface area contributed by atoms with Crippen molar-refractivity contribution >= 4 is 0 Å². The average Bonchev–Trinajstić information content (AvgIpc) is 2.70. The summed E-state index contributed by atoms with van der Waals surface area (Å²) in [5.41, 5.74) is 3.85.